The van der Waals surface area contributed by atoms with Crippen molar-refractivity contribution < 1.29 is 13.9 Å². The summed E-state index contributed by atoms with van der Waals surface area (Å²) in [6.45, 7) is 7.24. The molecule has 1 saturated carbocycles. The standard InChI is InChI=1S/C18H26FN3O2/c1-18(2,3)24-17(23)16-11-20-8-9-22(16)15-10-13(6-7-14(15)19)21-12-4-5-12/h6-7,10,12,16,20-21H,4-5,8-9,11H2,1-3H3. The molecule has 1 atom stereocenters. The number of ether oxygens (including phenoxy) is 1. The Morgan fingerprint density at radius 1 is 1.38 bits per heavy atom. The third-order valence-electron chi connectivity index (χ3n) is 4.13. The summed E-state index contributed by atoms with van der Waals surface area (Å²) in [5.74, 6) is -0.638. The molecule has 0 spiro atoms. The van der Waals surface area contributed by atoms with E-state index >= 15 is 0 Å². The number of esters is 1. The normalized spacial score (nSPS) is 21.5. The third kappa shape index (κ3) is 4.17. The Morgan fingerprint density at radius 2 is 2.12 bits per heavy atom. The molecule has 0 radical (unpaired) electrons. The van der Waals surface area contributed by atoms with E-state index in [9.17, 15) is 9.18 Å². The second kappa shape index (κ2) is 6.59. The van der Waals surface area contributed by atoms with Crippen LogP contribution in [0.15, 0.2) is 18.2 Å². The molecule has 0 aromatic heterocycles. The number of anilines is 2. The Kier molecular flexibility index (Phi) is 4.67. The van der Waals surface area contributed by atoms with Crippen molar-refractivity contribution >= 4 is 17.3 Å². The quantitative estimate of drug-likeness (QED) is 0.828. The lowest BCUT2D eigenvalue weighted by Gasteiger charge is -2.38. The Labute approximate surface area is 142 Å². The van der Waals surface area contributed by atoms with E-state index in [1.807, 2.05) is 25.7 Å². The lowest BCUT2D eigenvalue weighted by molar-refractivity contribution is -0.156. The largest absolute Gasteiger partial charge is 0.458 e. The lowest BCUT2D eigenvalue weighted by atomic mass is 10.1. The topological polar surface area (TPSA) is 53.6 Å². The van der Waals surface area contributed by atoms with Gasteiger partial charge in [-0.1, -0.05) is 0 Å². The van der Waals surface area contributed by atoms with E-state index < -0.39 is 11.6 Å². The average Bonchev–Trinajstić information content (AvgIpc) is 3.31. The van der Waals surface area contributed by atoms with Crippen molar-refractivity contribution in [2.24, 2.45) is 0 Å². The number of benzene rings is 1. The number of nitrogens with zero attached hydrogens (tertiary/aromatic N) is 1. The first-order chi connectivity index (χ1) is 11.3. The average molecular weight is 335 g/mol. The van der Waals surface area contributed by atoms with Crippen molar-refractivity contribution in [2.75, 3.05) is 29.9 Å². The molecule has 2 fully saturated rings. The van der Waals surface area contributed by atoms with Crippen LogP contribution in [0.4, 0.5) is 15.8 Å². The second-order valence-electron chi connectivity index (χ2n) is 7.53. The highest BCUT2D eigenvalue weighted by Crippen LogP contribution is 2.30. The molecule has 24 heavy (non-hydrogen) atoms. The maximum absolute atomic E-state index is 14.4. The summed E-state index contributed by atoms with van der Waals surface area (Å²) >= 11 is 0. The smallest absolute Gasteiger partial charge is 0.330 e. The summed E-state index contributed by atoms with van der Waals surface area (Å²) in [6, 6.07) is 4.99. The Balaban J connectivity index is 1.82. The van der Waals surface area contributed by atoms with Crippen molar-refractivity contribution in [3.63, 3.8) is 0 Å². The number of carbonyl (C=O) groups excluding carboxylic acids is 1. The first kappa shape index (κ1) is 17.0. The van der Waals surface area contributed by atoms with E-state index in [0.717, 1.165) is 18.5 Å². The molecular formula is C18H26FN3O2. The molecule has 1 aliphatic heterocycles. The fourth-order valence-corrected chi connectivity index (χ4v) is 2.86. The number of rotatable bonds is 4. The highest BCUT2D eigenvalue weighted by Gasteiger charge is 2.34. The first-order valence-electron chi connectivity index (χ1n) is 8.60. The van der Waals surface area contributed by atoms with Gasteiger partial charge < -0.3 is 20.3 Å². The minimum Gasteiger partial charge on any atom is -0.458 e. The van der Waals surface area contributed by atoms with E-state index in [0.29, 0.717) is 31.4 Å². The van der Waals surface area contributed by atoms with Crippen molar-refractivity contribution in [2.45, 2.75) is 51.3 Å². The molecule has 2 aliphatic rings. The van der Waals surface area contributed by atoms with Crippen LogP contribution in [-0.4, -0.2) is 43.3 Å². The highest BCUT2D eigenvalue weighted by atomic mass is 19.1. The molecule has 5 nitrogen and oxygen atoms in total. The van der Waals surface area contributed by atoms with E-state index in [1.165, 1.54) is 6.07 Å². The van der Waals surface area contributed by atoms with Gasteiger partial charge in [0, 0.05) is 31.4 Å². The maximum Gasteiger partial charge on any atom is 0.330 e. The van der Waals surface area contributed by atoms with Crippen LogP contribution in [0.2, 0.25) is 0 Å². The summed E-state index contributed by atoms with van der Waals surface area (Å²) in [7, 11) is 0. The number of carbonyl (C=O) groups is 1. The molecular weight excluding hydrogens is 309 g/mol. The fourth-order valence-electron chi connectivity index (χ4n) is 2.86. The first-order valence-corrected chi connectivity index (χ1v) is 8.60. The summed E-state index contributed by atoms with van der Waals surface area (Å²) in [4.78, 5) is 14.4. The number of hydrogen-bond acceptors (Lipinski definition) is 5. The lowest BCUT2D eigenvalue weighted by Crippen LogP contribution is -2.56. The molecule has 1 heterocycles. The number of piperazine rings is 1. The van der Waals surface area contributed by atoms with Crippen LogP contribution in [0.3, 0.4) is 0 Å². The van der Waals surface area contributed by atoms with Crippen LogP contribution in [0.25, 0.3) is 0 Å². The van der Waals surface area contributed by atoms with Crippen molar-refractivity contribution in [1.82, 2.24) is 5.32 Å². The van der Waals surface area contributed by atoms with Gasteiger partial charge in [0.15, 0.2) is 0 Å². The van der Waals surface area contributed by atoms with Gasteiger partial charge in [-0.05, 0) is 51.8 Å². The predicted octanol–water partition coefficient (Wildman–Crippen LogP) is 2.52. The van der Waals surface area contributed by atoms with Crippen LogP contribution >= 0.6 is 0 Å². The van der Waals surface area contributed by atoms with Crippen LogP contribution < -0.4 is 15.5 Å². The molecule has 132 valence electrons. The van der Waals surface area contributed by atoms with Crippen molar-refractivity contribution in [3.8, 4) is 0 Å². The van der Waals surface area contributed by atoms with E-state index in [1.54, 1.807) is 12.1 Å². The summed E-state index contributed by atoms with van der Waals surface area (Å²) < 4.78 is 20.0. The second-order valence-corrected chi connectivity index (χ2v) is 7.53. The molecule has 0 amide bonds. The zero-order valence-corrected chi connectivity index (χ0v) is 14.6. The molecule has 2 N–H and O–H groups in total. The summed E-state index contributed by atoms with van der Waals surface area (Å²) in [5.41, 5.74) is 0.794. The Hall–Kier alpha value is -1.82. The minimum atomic E-state index is -0.561. The van der Waals surface area contributed by atoms with Gasteiger partial charge in [0.2, 0.25) is 0 Å². The molecule has 3 rings (SSSR count). The molecule has 1 saturated heterocycles. The third-order valence-corrected chi connectivity index (χ3v) is 4.13. The minimum absolute atomic E-state index is 0.313. The number of hydrogen-bond donors (Lipinski definition) is 2. The van der Waals surface area contributed by atoms with Crippen molar-refractivity contribution in [3.05, 3.63) is 24.0 Å². The monoisotopic (exact) mass is 335 g/mol. The summed E-state index contributed by atoms with van der Waals surface area (Å²) in [5, 5.41) is 6.58. The Morgan fingerprint density at radius 3 is 2.79 bits per heavy atom. The molecule has 0 bridgehead atoms. The number of halogens is 1. The molecule has 1 unspecified atom stereocenters. The van der Waals surface area contributed by atoms with E-state index in [2.05, 4.69) is 10.6 Å². The van der Waals surface area contributed by atoms with E-state index in [4.69, 9.17) is 4.74 Å². The number of nitrogens with one attached hydrogen (secondary N) is 2. The Bertz CT molecular complexity index is 611. The van der Waals surface area contributed by atoms with Gasteiger partial charge in [-0.15, -0.1) is 0 Å². The van der Waals surface area contributed by atoms with Gasteiger partial charge in [0.05, 0.1) is 5.69 Å². The van der Waals surface area contributed by atoms with Crippen molar-refractivity contribution in [1.29, 1.82) is 0 Å². The summed E-state index contributed by atoms with van der Waals surface area (Å²) in [6.07, 6.45) is 2.31. The molecule has 1 aliphatic carbocycles. The molecule has 6 heteroatoms. The van der Waals surface area contributed by atoms with Gasteiger partial charge in [-0.2, -0.15) is 0 Å². The fraction of sp³-hybridized carbons (Fsp3) is 0.611. The zero-order valence-electron chi connectivity index (χ0n) is 14.6. The zero-order chi connectivity index (χ0) is 17.3. The SMILES string of the molecule is CC(C)(C)OC(=O)C1CNCCN1c1cc(NC2CC2)ccc1F. The van der Waals surface area contributed by atoms with Crippen LogP contribution in [0.1, 0.15) is 33.6 Å². The molecule has 1 aromatic carbocycles. The van der Waals surface area contributed by atoms with Gasteiger partial charge in [0.1, 0.15) is 17.5 Å². The van der Waals surface area contributed by atoms with Gasteiger partial charge >= 0.3 is 5.97 Å². The van der Waals surface area contributed by atoms with E-state index in [-0.39, 0.29) is 11.8 Å². The van der Waals surface area contributed by atoms with Crippen LogP contribution in [0.5, 0.6) is 0 Å². The van der Waals surface area contributed by atoms with Gasteiger partial charge in [0.25, 0.3) is 0 Å². The van der Waals surface area contributed by atoms with Gasteiger partial charge in [-0.25, -0.2) is 9.18 Å². The van der Waals surface area contributed by atoms with Crippen LogP contribution in [-0.2, 0) is 9.53 Å². The van der Waals surface area contributed by atoms with Crippen LogP contribution in [0, 0.1) is 5.82 Å². The predicted molar refractivity (Wildman–Crippen MR) is 92.9 cm³/mol. The highest BCUT2D eigenvalue weighted by molar-refractivity contribution is 5.81. The maximum atomic E-state index is 14.4. The van der Waals surface area contributed by atoms with Gasteiger partial charge in [-0.3, -0.25) is 0 Å². The molecule has 1 aromatic rings.